The maximum Gasteiger partial charge on any atom is 0.251 e. The van der Waals surface area contributed by atoms with E-state index < -0.39 is 10.0 Å². The Labute approximate surface area is 160 Å². The van der Waals surface area contributed by atoms with Crippen molar-refractivity contribution in [2.24, 2.45) is 0 Å². The Morgan fingerprint density at radius 1 is 1.04 bits per heavy atom. The SMILES string of the molecule is C[C@@H]1CN(S(=O)(=O)c2ccc(C(=O)NCc3ccccc3)cc2)C[C@@H](C)O1. The predicted molar refractivity (Wildman–Crippen MR) is 103 cm³/mol. The molecule has 27 heavy (non-hydrogen) atoms. The minimum atomic E-state index is -3.60. The van der Waals surface area contributed by atoms with Crippen LogP contribution in [0.1, 0.15) is 29.8 Å². The Morgan fingerprint density at radius 3 is 2.22 bits per heavy atom. The number of carbonyl (C=O) groups is 1. The van der Waals surface area contributed by atoms with Gasteiger partial charge in [0.1, 0.15) is 0 Å². The summed E-state index contributed by atoms with van der Waals surface area (Å²) in [5.41, 5.74) is 1.43. The molecular weight excluding hydrogens is 364 g/mol. The van der Waals surface area contributed by atoms with E-state index in [-0.39, 0.29) is 23.0 Å². The van der Waals surface area contributed by atoms with Crippen molar-refractivity contribution < 1.29 is 17.9 Å². The summed E-state index contributed by atoms with van der Waals surface area (Å²) in [4.78, 5) is 12.5. The predicted octanol–water partition coefficient (Wildman–Crippen LogP) is 2.41. The lowest BCUT2D eigenvalue weighted by Crippen LogP contribution is -2.48. The molecule has 0 aromatic heterocycles. The second-order valence-corrected chi connectivity index (χ2v) is 8.71. The minimum Gasteiger partial charge on any atom is -0.373 e. The molecule has 2 aromatic rings. The quantitative estimate of drug-likeness (QED) is 0.854. The summed E-state index contributed by atoms with van der Waals surface area (Å²) in [7, 11) is -3.60. The molecule has 0 spiro atoms. The van der Waals surface area contributed by atoms with Crippen LogP contribution in [0, 0.1) is 0 Å². The van der Waals surface area contributed by atoms with E-state index in [0.29, 0.717) is 25.2 Å². The lowest BCUT2D eigenvalue weighted by atomic mass is 10.2. The molecule has 1 amide bonds. The molecule has 6 nitrogen and oxygen atoms in total. The van der Waals surface area contributed by atoms with Gasteiger partial charge in [-0.1, -0.05) is 30.3 Å². The van der Waals surface area contributed by atoms with Crippen molar-refractivity contribution >= 4 is 15.9 Å². The van der Waals surface area contributed by atoms with Crippen LogP contribution in [0.3, 0.4) is 0 Å². The van der Waals surface area contributed by atoms with Gasteiger partial charge in [0.05, 0.1) is 17.1 Å². The second kappa shape index (κ2) is 8.21. The van der Waals surface area contributed by atoms with Gasteiger partial charge in [0.25, 0.3) is 5.91 Å². The number of amides is 1. The fourth-order valence-corrected chi connectivity index (χ4v) is 4.73. The van der Waals surface area contributed by atoms with Gasteiger partial charge in [-0.2, -0.15) is 4.31 Å². The van der Waals surface area contributed by atoms with E-state index in [1.54, 1.807) is 12.1 Å². The third kappa shape index (κ3) is 4.74. The fourth-order valence-electron chi connectivity index (χ4n) is 3.13. The highest BCUT2D eigenvalue weighted by Crippen LogP contribution is 2.21. The van der Waals surface area contributed by atoms with Crippen LogP contribution in [0.15, 0.2) is 59.5 Å². The largest absolute Gasteiger partial charge is 0.373 e. The summed E-state index contributed by atoms with van der Waals surface area (Å²) in [5.74, 6) is -0.239. The topological polar surface area (TPSA) is 75.7 Å². The number of sulfonamides is 1. The number of nitrogens with zero attached hydrogens (tertiary/aromatic N) is 1. The van der Waals surface area contributed by atoms with Crippen molar-refractivity contribution in [1.29, 1.82) is 0 Å². The fraction of sp³-hybridized carbons (Fsp3) is 0.350. The number of ether oxygens (including phenoxy) is 1. The van der Waals surface area contributed by atoms with Crippen LogP contribution in [0.25, 0.3) is 0 Å². The van der Waals surface area contributed by atoms with Gasteiger partial charge >= 0.3 is 0 Å². The summed E-state index contributed by atoms with van der Waals surface area (Å²) in [6.07, 6.45) is -0.293. The maximum absolute atomic E-state index is 12.8. The molecule has 1 heterocycles. The molecule has 1 aliphatic rings. The van der Waals surface area contributed by atoms with E-state index in [1.165, 1.54) is 16.4 Å². The van der Waals surface area contributed by atoms with Gasteiger partial charge in [0.15, 0.2) is 0 Å². The van der Waals surface area contributed by atoms with Crippen molar-refractivity contribution in [3.8, 4) is 0 Å². The lowest BCUT2D eigenvalue weighted by molar-refractivity contribution is -0.0440. The van der Waals surface area contributed by atoms with Gasteiger partial charge in [0.2, 0.25) is 10.0 Å². The molecule has 7 heteroatoms. The number of carbonyl (C=O) groups excluding carboxylic acids is 1. The maximum atomic E-state index is 12.8. The molecule has 1 saturated heterocycles. The average Bonchev–Trinajstić information content (AvgIpc) is 2.66. The zero-order valence-electron chi connectivity index (χ0n) is 15.5. The number of nitrogens with one attached hydrogen (secondary N) is 1. The van der Waals surface area contributed by atoms with Gasteiger partial charge in [-0.15, -0.1) is 0 Å². The van der Waals surface area contributed by atoms with Gasteiger partial charge in [-0.25, -0.2) is 8.42 Å². The molecular formula is C20H24N2O4S. The van der Waals surface area contributed by atoms with Crippen molar-refractivity contribution in [1.82, 2.24) is 9.62 Å². The number of benzene rings is 2. The van der Waals surface area contributed by atoms with Crippen molar-refractivity contribution in [3.05, 3.63) is 65.7 Å². The van der Waals surface area contributed by atoms with Gasteiger partial charge in [-0.3, -0.25) is 4.79 Å². The van der Waals surface area contributed by atoms with Crippen LogP contribution in [-0.4, -0.2) is 43.9 Å². The van der Waals surface area contributed by atoms with Crippen LogP contribution < -0.4 is 5.32 Å². The summed E-state index contributed by atoms with van der Waals surface area (Å²) in [5, 5.41) is 2.83. The van der Waals surface area contributed by atoms with Crippen molar-refractivity contribution in [2.45, 2.75) is 37.5 Å². The first-order valence-electron chi connectivity index (χ1n) is 8.94. The first-order valence-corrected chi connectivity index (χ1v) is 10.4. The zero-order valence-corrected chi connectivity index (χ0v) is 16.3. The first kappa shape index (κ1) is 19.5. The molecule has 3 rings (SSSR count). The number of hydrogen-bond donors (Lipinski definition) is 1. The average molecular weight is 388 g/mol. The van der Waals surface area contributed by atoms with E-state index in [0.717, 1.165) is 5.56 Å². The minimum absolute atomic E-state index is 0.147. The second-order valence-electron chi connectivity index (χ2n) is 6.77. The monoisotopic (exact) mass is 388 g/mol. The summed E-state index contributed by atoms with van der Waals surface area (Å²) in [6, 6.07) is 15.7. The molecule has 0 aliphatic carbocycles. The summed E-state index contributed by atoms with van der Waals surface area (Å²) >= 11 is 0. The molecule has 0 bridgehead atoms. The van der Waals surface area contributed by atoms with Crippen LogP contribution in [0.2, 0.25) is 0 Å². The number of hydrogen-bond acceptors (Lipinski definition) is 4. The normalized spacial score (nSPS) is 21.0. The first-order chi connectivity index (χ1) is 12.9. The lowest BCUT2D eigenvalue weighted by Gasteiger charge is -2.34. The summed E-state index contributed by atoms with van der Waals surface area (Å²) in [6.45, 7) is 4.79. The highest BCUT2D eigenvalue weighted by Gasteiger charge is 2.32. The number of rotatable bonds is 5. The van der Waals surface area contributed by atoms with E-state index in [2.05, 4.69) is 5.32 Å². The Hall–Kier alpha value is -2.22. The molecule has 1 N–H and O–H groups in total. The molecule has 1 fully saturated rings. The van der Waals surface area contributed by atoms with Crippen molar-refractivity contribution in [2.75, 3.05) is 13.1 Å². The Morgan fingerprint density at radius 2 is 1.63 bits per heavy atom. The highest BCUT2D eigenvalue weighted by molar-refractivity contribution is 7.89. The standard InChI is InChI=1S/C20H24N2O4S/c1-15-13-22(14-16(2)26-15)27(24,25)19-10-8-18(9-11-19)20(23)21-12-17-6-4-3-5-7-17/h3-11,15-16H,12-14H2,1-2H3,(H,21,23)/t15-,16-/m1/s1. The molecule has 0 unspecified atom stereocenters. The Bertz CT molecular complexity index is 872. The Balaban J connectivity index is 1.68. The van der Waals surface area contributed by atoms with Gasteiger partial charge in [0, 0.05) is 25.2 Å². The smallest absolute Gasteiger partial charge is 0.251 e. The van der Waals surface area contributed by atoms with Crippen LogP contribution in [0.4, 0.5) is 0 Å². The molecule has 144 valence electrons. The van der Waals surface area contributed by atoms with E-state index in [4.69, 9.17) is 4.74 Å². The third-order valence-corrected chi connectivity index (χ3v) is 6.28. The summed E-state index contributed by atoms with van der Waals surface area (Å²) < 4.78 is 32.7. The van der Waals surface area contributed by atoms with E-state index >= 15 is 0 Å². The third-order valence-electron chi connectivity index (χ3n) is 4.44. The van der Waals surface area contributed by atoms with Gasteiger partial charge < -0.3 is 10.1 Å². The highest BCUT2D eigenvalue weighted by atomic mass is 32.2. The zero-order chi connectivity index (χ0) is 19.4. The van der Waals surface area contributed by atoms with Crippen LogP contribution >= 0.6 is 0 Å². The number of morpholine rings is 1. The molecule has 2 atom stereocenters. The van der Waals surface area contributed by atoms with E-state index in [1.807, 2.05) is 44.2 Å². The van der Waals surface area contributed by atoms with Gasteiger partial charge in [-0.05, 0) is 43.7 Å². The Kier molecular flexibility index (Phi) is 5.94. The van der Waals surface area contributed by atoms with E-state index in [9.17, 15) is 13.2 Å². The molecule has 0 saturated carbocycles. The molecule has 1 aliphatic heterocycles. The van der Waals surface area contributed by atoms with Crippen molar-refractivity contribution in [3.63, 3.8) is 0 Å². The molecule has 2 aromatic carbocycles. The van der Waals surface area contributed by atoms with Crippen LogP contribution in [0.5, 0.6) is 0 Å². The molecule has 0 radical (unpaired) electrons. The van der Waals surface area contributed by atoms with Crippen LogP contribution in [-0.2, 0) is 21.3 Å².